The topological polar surface area (TPSA) is 149 Å². The van der Waals surface area contributed by atoms with Crippen molar-refractivity contribution in [3.05, 3.63) is 46.3 Å². The van der Waals surface area contributed by atoms with Crippen molar-refractivity contribution >= 4 is 24.1 Å². The molecule has 2 aliphatic heterocycles. The average Bonchev–Trinajstić information content (AvgIpc) is 3.58. The second-order valence-corrected chi connectivity index (χ2v) is 13.4. The van der Waals surface area contributed by atoms with Crippen LogP contribution in [0.2, 0.25) is 0 Å². The number of carboxylic acid groups (broad SMARTS) is 1. The Morgan fingerprint density at radius 2 is 1.14 bits per heavy atom. The molecule has 2 aromatic rings. The van der Waals surface area contributed by atoms with E-state index in [4.69, 9.17) is 23.4 Å². The fraction of sp³-hybridized carbons (Fsp3) is 0.613. The van der Waals surface area contributed by atoms with Crippen molar-refractivity contribution in [2.75, 3.05) is 7.11 Å². The van der Waals surface area contributed by atoms with Gasteiger partial charge in [-0.3, -0.25) is 9.80 Å². The van der Waals surface area contributed by atoms with Gasteiger partial charge in [0.1, 0.15) is 22.7 Å². The van der Waals surface area contributed by atoms with E-state index in [1.165, 1.54) is 13.2 Å². The monoisotopic (exact) mass is 604 g/mol. The number of furan rings is 2. The van der Waals surface area contributed by atoms with E-state index in [1.54, 1.807) is 15.9 Å². The Kier molecular flexibility index (Phi) is 9.62. The van der Waals surface area contributed by atoms with Crippen LogP contribution < -0.4 is 0 Å². The van der Waals surface area contributed by atoms with Crippen LogP contribution in [-0.4, -0.2) is 57.3 Å². The number of rotatable bonds is 4. The maximum absolute atomic E-state index is 12.4. The van der Waals surface area contributed by atoms with Gasteiger partial charge in [-0.2, -0.15) is 0 Å². The van der Waals surface area contributed by atoms with E-state index < -0.39 is 29.2 Å². The zero-order chi connectivity index (χ0) is 32.6. The molecular formula is C31H44N2O10. The molecule has 12 nitrogen and oxygen atoms in total. The molecule has 0 saturated heterocycles. The highest BCUT2D eigenvalue weighted by Gasteiger charge is 2.43. The number of nitrogens with zero attached hydrogens (tertiary/aromatic N) is 2. The smallest absolute Gasteiger partial charge is 0.411 e. The first-order valence-electron chi connectivity index (χ1n) is 14.3. The molecule has 0 aromatic carbocycles. The van der Waals surface area contributed by atoms with Crippen molar-refractivity contribution in [2.45, 2.75) is 106 Å². The Morgan fingerprint density at radius 1 is 0.767 bits per heavy atom. The van der Waals surface area contributed by atoms with Gasteiger partial charge in [-0.05, 0) is 65.5 Å². The summed E-state index contributed by atoms with van der Waals surface area (Å²) in [5, 5.41) is 9.00. The Bertz CT molecular complexity index is 1360. The van der Waals surface area contributed by atoms with Crippen molar-refractivity contribution in [1.82, 2.24) is 9.80 Å². The second kappa shape index (κ2) is 12.3. The van der Waals surface area contributed by atoms with Gasteiger partial charge in [0.15, 0.2) is 0 Å². The SMILES string of the molecule is CC(C)C1c2oc(C(=O)O)cc2CN1C(=O)OC(C)(C)C.COC(=O)c1cc2c(o1)C(C(C)C)N(C(=O)OC(C)(C)C)C2. The number of ether oxygens (including phenoxy) is 3. The van der Waals surface area contributed by atoms with Gasteiger partial charge in [-0.1, -0.05) is 27.7 Å². The van der Waals surface area contributed by atoms with Crippen LogP contribution in [-0.2, 0) is 27.3 Å². The van der Waals surface area contributed by atoms with Crippen LogP contribution in [0.5, 0.6) is 0 Å². The number of carbonyl (C=O) groups is 4. The van der Waals surface area contributed by atoms with Crippen LogP contribution in [0.4, 0.5) is 9.59 Å². The van der Waals surface area contributed by atoms with Crippen LogP contribution in [0.25, 0.3) is 0 Å². The largest absolute Gasteiger partial charge is 0.475 e. The number of aromatic carboxylic acids is 1. The molecule has 12 heteroatoms. The van der Waals surface area contributed by atoms with Gasteiger partial charge >= 0.3 is 24.1 Å². The van der Waals surface area contributed by atoms with Crippen LogP contribution in [0.15, 0.2) is 21.0 Å². The standard InChI is InChI=1S/C16H23NO5.C15H21NO5/c1-9(2)12-13-10(7-11(21-13)14(18)20-6)8-17(12)15(19)22-16(3,4)5;1-8(2)11-12-9(6-10(20-12)13(17)18)7-16(11)14(19)21-15(3,4)5/h7,9,12H,8H2,1-6H3;6,8,11H,7H2,1-5H3,(H,17,18). The summed E-state index contributed by atoms with van der Waals surface area (Å²) in [5.41, 5.74) is 0.426. The third-order valence-electron chi connectivity index (χ3n) is 6.69. The predicted octanol–water partition coefficient (Wildman–Crippen LogP) is 6.94. The zero-order valence-electron chi connectivity index (χ0n) is 26.9. The number of amides is 2. The Balaban J connectivity index is 0.000000236. The predicted molar refractivity (Wildman–Crippen MR) is 154 cm³/mol. The van der Waals surface area contributed by atoms with Crippen LogP contribution in [0.3, 0.4) is 0 Å². The normalized spacial score (nSPS) is 17.8. The van der Waals surface area contributed by atoms with Gasteiger partial charge in [0.2, 0.25) is 11.5 Å². The highest BCUT2D eigenvalue weighted by Crippen LogP contribution is 2.42. The summed E-state index contributed by atoms with van der Waals surface area (Å²) in [7, 11) is 1.31. The number of methoxy groups -OCH3 is 1. The summed E-state index contributed by atoms with van der Waals surface area (Å²) in [6, 6.07) is 2.57. The summed E-state index contributed by atoms with van der Waals surface area (Å²) >= 11 is 0. The van der Waals surface area contributed by atoms with Crippen molar-refractivity contribution in [3.8, 4) is 0 Å². The lowest BCUT2D eigenvalue weighted by atomic mass is 10.0. The lowest BCUT2D eigenvalue weighted by Crippen LogP contribution is -2.37. The number of fused-ring (bicyclic) bond motifs is 2. The maximum Gasteiger partial charge on any atom is 0.411 e. The first kappa shape index (κ1) is 33.5. The van der Waals surface area contributed by atoms with E-state index in [2.05, 4.69) is 4.74 Å². The van der Waals surface area contributed by atoms with E-state index in [-0.39, 0.29) is 41.5 Å². The molecule has 0 aliphatic carbocycles. The van der Waals surface area contributed by atoms with Gasteiger partial charge < -0.3 is 28.2 Å². The fourth-order valence-electron chi connectivity index (χ4n) is 5.11. The third-order valence-corrected chi connectivity index (χ3v) is 6.69. The maximum atomic E-state index is 12.4. The summed E-state index contributed by atoms with van der Waals surface area (Å²) in [5.74, 6) is -0.126. The summed E-state index contributed by atoms with van der Waals surface area (Å²) in [4.78, 5) is 50.5. The van der Waals surface area contributed by atoms with Gasteiger partial charge in [0, 0.05) is 11.1 Å². The van der Waals surface area contributed by atoms with Gasteiger partial charge in [0.25, 0.3) is 0 Å². The van der Waals surface area contributed by atoms with Gasteiger partial charge in [0.05, 0.1) is 32.3 Å². The Morgan fingerprint density at radius 3 is 1.47 bits per heavy atom. The summed E-state index contributed by atoms with van der Waals surface area (Å²) in [6.45, 7) is 19.5. The molecule has 2 aromatic heterocycles. The molecule has 4 rings (SSSR count). The molecule has 238 valence electrons. The molecule has 43 heavy (non-hydrogen) atoms. The molecule has 1 N–H and O–H groups in total. The molecule has 2 atom stereocenters. The average molecular weight is 605 g/mol. The van der Waals surface area contributed by atoms with E-state index in [0.29, 0.717) is 24.6 Å². The Hall–Kier alpha value is -3.96. The van der Waals surface area contributed by atoms with Gasteiger partial charge in [-0.25, -0.2) is 19.2 Å². The second-order valence-electron chi connectivity index (χ2n) is 13.4. The van der Waals surface area contributed by atoms with E-state index in [1.807, 2.05) is 69.2 Å². The van der Waals surface area contributed by atoms with Crippen molar-refractivity contribution < 1.29 is 47.3 Å². The molecule has 0 radical (unpaired) electrons. The zero-order valence-corrected chi connectivity index (χ0v) is 26.9. The highest BCUT2D eigenvalue weighted by molar-refractivity contribution is 5.87. The number of carboxylic acids is 1. The van der Waals surface area contributed by atoms with Crippen LogP contribution in [0.1, 0.15) is 125 Å². The minimum Gasteiger partial charge on any atom is -0.475 e. The molecular weight excluding hydrogens is 560 g/mol. The number of hydrogen-bond acceptors (Lipinski definition) is 9. The van der Waals surface area contributed by atoms with E-state index in [9.17, 15) is 19.2 Å². The summed E-state index contributed by atoms with van der Waals surface area (Å²) in [6.07, 6.45) is -0.790. The molecule has 2 unspecified atom stereocenters. The molecule has 0 bridgehead atoms. The highest BCUT2D eigenvalue weighted by atomic mass is 16.6. The number of hydrogen-bond donors (Lipinski definition) is 1. The van der Waals surface area contributed by atoms with Crippen molar-refractivity contribution in [3.63, 3.8) is 0 Å². The van der Waals surface area contributed by atoms with Crippen LogP contribution >= 0.6 is 0 Å². The quantitative estimate of drug-likeness (QED) is 0.287. The van der Waals surface area contributed by atoms with Crippen molar-refractivity contribution in [1.29, 1.82) is 0 Å². The molecule has 0 fully saturated rings. The molecule has 4 heterocycles. The van der Waals surface area contributed by atoms with E-state index >= 15 is 0 Å². The third kappa shape index (κ3) is 7.71. The first-order valence-corrected chi connectivity index (χ1v) is 14.3. The van der Waals surface area contributed by atoms with Gasteiger partial charge in [-0.15, -0.1) is 0 Å². The lowest BCUT2D eigenvalue weighted by molar-refractivity contribution is 0.00967. The van der Waals surface area contributed by atoms with Crippen LogP contribution in [0, 0.1) is 11.8 Å². The summed E-state index contributed by atoms with van der Waals surface area (Å²) < 4.78 is 26.6. The minimum atomic E-state index is -1.10. The molecule has 0 spiro atoms. The van der Waals surface area contributed by atoms with E-state index in [0.717, 1.165) is 11.1 Å². The number of carbonyl (C=O) groups excluding carboxylic acids is 3. The fourth-order valence-corrected chi connectivity index (χ4v) is 5.11. The minimum absolute atomic E-state index is 0.0884. The lowest BCUT2D eigenvalue weighted by Gasteiger charge is -2.30. The molecule has 2 amide bonds. The number of esters is 1. The Labute approximate surface area is 252 Å². The molecule has 2 aliphatic rings. The first-order chi connectivity index (χ1) is 19.7. The van der Waals surface area contributed by atoms with Crippen molar-refractivity contribution in [2.24, 2.45) is 11.8 Å². The molecule has 0 saturated carbocycles.